The third-order valence-electron chi connectivity index (χ3n) is 3.25. The van der Waals surface area contributed by atoms with Gasteiger partial charge in [-0.05, 0) is 46.1 Å². The maximum atomic E-state index is 11.5. The summed E-state index contributed by atoms with van der Waals surface area (Å²) in [6.07, 6.45) is 12.8. The van der Waals surface area contributed by atoms with Crippen molar-refractivity contribution < 1.29 is 9.53 Å². The fraction of sp³-hybridized carbons (Fsp3) is 0.722. The van der Waals surface area contributed by atoms with E-state index in [4.69, 9.17) is 4.74 Å². The Morgan fingerprint density at radius 3 is 2.30 bits per heavy atom. The summed E-state index contributed by atoms with van der Waals surface area (Å²) in [7, 11) is 0. The minimum atomic E-state index is -0.0603. The molecule has 0 aromatic rings. The fourth-order valence-electron chi connectivity index (χ4n) is 1.91. The molecule has 0 unspecified atom stereocenters. The average Bonchev–Trinajstić information content (AvgIpc) is 2.38. The summed E-state index contributed by atoms with van der Waals surface area (Å²) < 4.78 is 5.22. The number of esters is 1. The van der Waals surface area contributed by atoms with Gasteiger partial charge in [-0.1, -0.05) is 49.8 Å². The Hall–Kier alpha value is -1.05. The lowest BCUT2D eigenvalue weighted by atomic mass is 10.1. The van der Waals surface area contributed by atoms with E-state index in [9.17, 15) is 4.79 Å². The minimum Gasteiger partial charge on any atom is -0.461 e. The molecule has 0 atom stereocenters. The van der Waals surface area contributed by atoms with Crippen molar-refractivity contribution in [2.24, 2.45) is 0 Å². The summed E-state index contributed by atoms with van der Waals surface area (Å²) in [5.74, 6) is -0.0603. The quantitative estimate of drug-likeness (QED) is 0.280. The standard InChI is InChI=1S/C18H32O2/c1-5-6-7-8-9-13-18(19)20-15-14-17(4)12-10-11-16(2)3/h11,14H,5-10,12-13,15H2,1-4H3/b17-14-. The van der Waals surface area contributed by atoms with E-state index in [2.05, 4.69) is 33.8 Å². The van der Waals surface area contributed by atoms with Gasteiger partial charge in [0.1, 0.15) is 6.61 Å². The molecule has 2 heteroatoms. The molecule has 0 heterocycles. The van der Waals surface area contributed by atoms with Crippen molar-refractivity contribution in [1.29, 1.82) is 0 Å². The lowest BCUT2D eigenvalue weighted by Crippen LogP contribution is -2.04. The van der Waals surface area contributed by atoms with Crippen LogP contribution in [0.15, 0.2) is 23.3 Å². The zero-order valence-electron chi connectivity index (χ0n) is 13.8. The van der Waals surface area contributed by atoms with Gasteiger partial charge in [0.25, 0.3) is 0 Å². The first-order valence-corrected chi connectivity index (χ1v) is 8.00. The van der Waals surface area contributed by atoms with Gasteiger partial charge in [-0.2, -0.15) is 0 Å². The van der Waals surface area contributed by atoms with Gasteiger partial charge in [0.15, 0.2) is 0 Å². The molecular weight excluding hydrogens is 248 g/mol. The van der Waals surface area contributed by atoms with Gasteiger partial charge >= 0.3 is 5.97 Å². The molecule has 0 aliphatic carbocycles. The zero-order valence-corrected chi connectivity index (χ0v) is 13.8. The first kappa shape index (κ1) is 18.9. The molecule has 0 bridgehead atoms. The van der Waals surface area contributed by atoms with Gasteiger partial charge in [0, 0.05) is 6.42 Å². The summed E-state index contributed by atoms with van der Waals surface area (Å²) >= 11 is 0. The SMILES string of the molecule is CCCCCCCC(=O)OC/C=C(/C)CCC=C(C)C. The Labute approximate surface area is 125 Å². The molecule has 0 saturated carbocycles. The first-order chi connectivity index (χ1) is 9.56. The molecule has 20 heavy (non-hydrogen) atoms. The van der Waals surface area contributed by atoms with E-state index in [-0.39, 0.29) is 5.97 Å². The third-order valence-corrected chi connectivity index (χ3v) is 3.25. The molecule has 0 fully saturated rings. The Morgan fingerprint density at radius 1 is 0.950 bits per heavy atom. The van der Waals surface area contributed by atoms with Crippen LogP contribution in [-0.2, 0) is 9.53 Å². The van der Waals surface area contributed by atoms with E-state index in [0.29, 0.717) is 13.0 Å². The van der Waals surface area contributed by atoms with Crippen molar-refractivity contribution in [1.82, 2.24) is 0 Å². The molecule has 0 spiro atoms. The molecular formula is C18H32O2. The molecule has 0 amide bonds. The average molecular weight is 280 g/mol. The Morgan fingerprint density at radius 2 is 1.65 bits per heavy atom. The van der Waals surface area contributed by atoms with Crippen LogP contribution >= 0.6 is 0 Å². The van der Waals surface area contributed by atoms with Gasteiger partial charge < -0.3 is 4.74 Å². The highest BCUT2D eigenvalue weighted by Gasteiger charge is 2.01. The third kappa shape index (κ3) is 13.4. The Kier molecular flexibility index (Phi) is 12.3. The number of allylic oxidation sites excluding steroid dienone is 3. The highest BCUT2D eigenvalue weighted by Crippen LogP contribution is 2.08. The van der Waals surface area contributed by atoms with Gasteiger partial charge in [-0.25, -0.2) is 0 Å². The predicted octanol–water partition coefficient (Wildman–Crippen LogP) is 5.58. The van der Waals surface area contributed by atoms with E-state index in [1.165, 1.54) is 30.4 Å². The molecule has 0 saturated heterocycles. The van der Waals surface area contributed by atoms with E-state index in [1.54, 1.807) is 0 Å². The maximum Gasteiger partial charge on any atom is 0.306 e. The Balaban J connectivity index is 3.60. The molecule has 0 aromatic heterocycles. The zero-order chi connectivity index (χ0) is 15.2. The lowest BCUT2D eigenvalue weighted by Gasteiger charge is -2.03. The molecule has 0 aromatic carbocycles. The topological polar surface area (TPSA) is 26.3 Å². The molecule has 0 aliphatic rings. The van der Waals surface area contributed by atoms with Crippen molar-refractivity contribution in [3.63, 3.8) is 0 Å². The normalized spacial score (nSPS) is 11.3. The second-order valence-corrected chi connectivity index (χ2v) is 5.72. The maximum absolute atomic E-state index is 11.5. The molecule has 0 radical (unpaired) electrons. The van der Waals surface area contributed by atoms with Crippen LogP contribution in [0.4, 0.5) is 0 Å². The molecule has 0 N–H and O–H groups in total. The Bertz CT molecular complexity index is 309. The summed E-state index contributed by atoms with van der Waals surface area (Å²) in [5, 5.41) is 0. The van der Waals surface area contributed by atoms with Crippen molar-refractivity contribution in [3.05, 3.63) is 23.3 Å². The van der Waals surface area contributed by atoms with Crippen LogP contribution in [-0.4, -0.2) is 12.6 Å². The number of hydrogen-bond acceptors (Lipinski definition) is 2. The number of ether oxygens (including phenoxy) is 1. The van der Waals surface area contributed by atoms with Crippen molar-refractivity contribution in [3.8, 4) is 0 Å². The molecule has 116 valence electrons. The second-order valence-electron chi connectivity index (χ2n) is 5.72. The van der Waals surface area contributed by atoms with Crippen molar-refractivity contribution >= 4 is 5.97 Å². The lowest BCUT2D eigenvalue weighted by molar-refractivity contribution is -0.142. The first-order valence-electron chi connectivity index (χ1n) is 8.00. The smallest absolute Gasteiger partial charge is 0.306 e. The van der Waals surface area contributed by atoms with E-state index in [0.717, 1.165) is 25.7 Å². The fourth-order valence-corrected chi connectivity index (χ4v) is 1.91. The number of unbranched alkanes of at least 4 members (excludes halogenated alkanes) is 4. The van der Waals surface area contributed by atoms with Crippen LogP contribution in [0.1, 0.15) is 79.1 Å². The van der Waals surface area contributed by atoms with Crippen LogP contribution in [0.3, 0.4) is 0 Å². The molecule has 0 rings (SSSR count). The van der Waals surface area contributed by atoms with Crippen LogP contribution in [0.5, 0.6) is 0 Å². The summed E-state index contributed by atoms with van der Waals surface area (Å²) in [6, 6.07) is 0. The van der Waals surface area contributed by atoms with E-state index >= 15 is 0 Å². The predicted molar refractivity (Wildman–Crippen MR) is 86.8 cm³/mol. The number of carbonyl (C=O) groups excluding carboxylic acids is 1. The van der Waals surface area contributed by atoms with Crippen LogP contribution in [0, 0.1) is 0 Å². The summed E-state index contributed by atoms with van der Waals surface area (Å²) in [4.78, 5) is 11.5. The number of rotatable bonds is 11. The van der Waals surface area contributed by atoms with Crippen molar-refractivity contribution in [2.75, 3.05) is 6.61 Å². The molecule has 0 aliphatic heterocycles. The van der Waals surface area contributed by atoms with Gasteiger partial charge in [0.05, 0.1) is 0 Å². The van der Waals surface area contributed by atoms with Gasteiger partial charge in [-0.3, -0.25) is 4.79 Å². The summed E-state index contributed by atoms with van der Waals surface area (Å²) in [6.45, 7) is 8.94. The van der Waals surface area contributed by atoms with Gasteiger partial charge in [0.2, 0.25) is 0 Å². The van der Waals surface area contributed by atoms with Gasteiger partial charge in [-0.15, -0.1) is 0 Å². The largest absolute Gasteiger partial charge is 0.461 e. The number of hydrogen-bond donors (Lipinski definition) is 0. The highest BCUT2D eigenvalue weighted by molar-refractivity contribution is 5.69. The number of carbonyl (C=O) groups is 1. The van der Waals surface area contributed by atoms with Crippen molar-refractivity contribution in [2.45, 2.75) is 79.1 Å². The second kappa shape index (κ2) is 13.0. The summed E-state index contributed by atoms with van der Waals surface area (Å²) in [5.41, 5.74) is 2.64. The minimum absolute atomic E-state index is 0.0603. The highest BCUT2D eigenvalue weighted by atomic mass is 16.5. The molecule has 2 nitrogen and oxygen atoms in total. The van der Waals surface area contributed by atoms with E-state index < -0.39 is 0 Å². The van der Waals surface area contributed by atoms with Crippen LogP contribution in [0.2, 0.25) is 0 Å². The van der Waals surface area contributed by atoms with Crippen LogP contribution in [0.25, 0.3) is 0 Å². The van der Waals surface area contributed by atoms with Crippen LogP contribution < -0.4 is 0 Å². The monoisotopic (exact) mass is 280 g/mol. The van der Waals surface area contributed by atoms with E-state index in [1.807, 2.05) is 6.08 Å².